The number of guanidine groups is 1. The van der Waals surface area contributed by atoms with Crippen LogP contribution < -0.4 is 10.1 Å². The van der Waals surface area contributed by atoms with Crippen molar-refractivity contribution in [2.45, 2.75) is 26.0 Å². The van der Waals surface area contributed by atoms with Crippen molar-refractivity contribution in [1.82, 2.24) is 15.2 Å². The number of nitrogens with zero attached hydrogens (tertiary/aromatic N) is 3. The maximum Gasteiger partial charge on any atom is 0.193 e. The van der Waals surface area contributed by atoms with Gasteiger partial charge in [-0.05, 0) is 31.0 Å². The first-order valence-electron chi connectivity index (χ1n) is 8.59. The van der Waals surface area contributed by atoms with Gasteiger partial charge < -0.3 is 19.7 Å². The molecule has 2 aromatic rings. The molecule has 1 aromatic heterocycles. The highest BCUT2D eigenvalue weighted by Gasteiger charge is 2.12. The summed E-state index contributed by atoms with van der Waals surface area (Å²) in [4.78, 5) is 11.1. The van der Waals surface area contributed by atoms with Gasteiger partial charge in [0.2, 0.25) is 0 Å². The number of halogens is 1. The van der Waals surface area contributed by atoms with Gasteiger partial charge in [-0.1, -0.05) is 12.1 Å². The monoisotopic (exact) mass is 504 g/mol. The van der Waals surface area contributed by atoms with Crippen molar-refractivity contribution >= 4 is 41.3 Å². The highest BCUT2D eigenvalue weighted by molar-refractivity contribution is 14.0. The van der Waals surface area contributed by atoms with Gasteiger partial charge in [0.05, 0.1) is 19.3 Å². The topological polar surface area (TPSA) is 59.0 Å². The second-order valence-corrected chi connectivity index (χ2v) is 6.88. The minimum Gasteiger partial charge on any atom is -0.497 e. The van der Waals surface area contributed by atoms with Crippen LogP contribution in [0.3, 0.4) is 0 Å². The van der Waals surface area contributed by atoms with Gasteiger partial charge in [0.1, 0.15) is 16.9 Å². The molecule has 0 saturated heterocycles. The fourth-order valence-corrected chi connectivity index (χ4v) is 3.37. The van der Waals surface area contributed by atoms with Crippen molar-refractivity contribution in [2.75, 3.05) is 34.9 Å². The number of ether oxygens (including phenoxy) is 2. The molecule has 0 aliphatic heterocycles. The SMILES string of the molecule is CN=C(NCCc1cccc(OC)c1)N(C)Cc1csc(C(C)OC)n1.I. The second-order valence-electron chi connectivity index (χ2n) is 5.99. The van der Waals surface area contributed by atoms with Crippen molar-refractivity contribution in [3.63, 3.8) is 0 Å². The summed E-state index contributed by atoms with van der Waals surface area (Å²) in [5.41, 5.74) is 2.25. The molecule has 0 bridgehead atoms. The summed E-state index contributed by atoms with van der Waals surface area (Å²) in [5.74, 6) is 1.73. The van der Waals surface area contributed by atoms with Gasteiger partial charge in [0.25, 0.3) is 0 Å². The fraction of sp³-hybridized carbons (Fsp3) is 0.474. The molecule has 0 radical (unpaired) electrons. The number of benzene rings is 1. The summed E-state index contributed by atoms with van der Waals surface area (Å²) in [6, 6.07) is 8.12. The number of hydrogen-bond acceptors (Lipinski definition) is 5. The van der Waals surface area contributed by atoms with Crippen LogP contribution >= 0.6 is 35.3 Å². The van der Waals surface area contributed by atoms with Gasteiger partial charge in [-0.15, -0.1) is 35.3 Å². The Balaban J connectivity index is 0.00000364. The number of aromatic nitrogens is 1. The average Bonchev–Trinajstić information content (AvgIpc) is 3.13. The molecular weight excluding hydrogens is 475 g/mol. The number of rotatable bonds is 8. The predicted octanol–water partition coefficient (Wildman–Crippen LogP) is 3.73. The first-order chi connectivity index (χ1) is 12.6. The summed E-state index contributed by atoms with van der Waals surface area (Å²) in [6.07, 6.45) is 0.926. The highest BCUT2D eigenvalue weighted by atomic mass is 127. The summed E-state index contributed by atoms with van der Waals surface area (Å²) >= 11 is 1.63. The molecule has 150 valence electrons. The molecule has 1 aromatic carbocycles. The number of methoxy groups -OCH3 is 2. The zero-order chi connectivity index (χ0) is 18.9. The molecule has 0 spiro atoms. The molecule has 1 unspecified atom stereocenters. The number of thiazole rings is 1. The lowest BCUT2D eigenvalue weighted by Crippen LogP contribution is -2.39. The Bertz CT molecular complexity index is 723. The number of nitrogens with one attached hydrogen (secondary N) is 1. The van der Waals surface area contributed by atoms with Gasteiger partial charge in [-0.3, -0.25) is 4.99 Å². The molecular formula is C19H29IN4O2S. The Kier molecular flexibility index (Phi) is 10.6. The summed E-state index contributed by atoms with van der Waals surface area (Å²) in [6.45, 7) is 3.50. The van der Waals surface area contributed by atoms with E-state index >= 15 is 0 Å². The summed E-state index contributed by atoms with van der Waals surface area (Å²) in [7, 11) is 7.20. The van der Waals surface area contributed by atoms with Crippen molar-refractivity contribution in [3.8, 4) is 5.75 Å². The van der Waals surface area contributed by atoms with Crippen LogP contribution in [-0.2, 0) is 17.7 Å². The third-order valence-corrected chi connectivity index (χ3v) is 5.13. The maximum absolute atomic E-state index is 5.32. The summed E-state index contributed by atoms with van der Waals surface area (Å²) < 4.78 is 10.6. The smallest absolute Gasteiger partial charge is 0.193 e. The first kappa shape index (κ1) is 23.6. The Labute approximate surface area is 183 Å². The third-order valence-electron chi connectivity index (χ3n) is 4.07. The lowest BCUT2D eigenvalue weighted by molar-refractivity contribution is 0.119. The molecule has 0 aliphatic rings. The lowest BCUT2D eigenvalue weighted by Gasteiger charge is -2.21. The zero-order valence-corrected chi connectivity index (χ0v) is 19.7. The Morgan fingerprint density at radius 1 is 1.37 bits per heavy atom. The van der Waals surface area contributed by atoms with Crippen LogP contribution in [0.5, 0.6) is 5.75 Å². The zero-order valence-electron chi connectivity index (χ0n) is 16.6. The molecule has 6 nitrogen and oxygen atoms in total. The Morgan fingerprint density at radius 2 is 2.15 bits per heavy atom. The molecule has 2 rings (SSSR count). The molecule has 0 saturated carbocycles. The van der Waals surface area contributed by atoms with Crippen LogP contribution in [-0.4, -0.2) is 50.7 Å². The van der Waals surface area contributed by atoms with E-state index in [1.807, 2.05) is 26.1 Å². The molecule has 1 atom stereocenters. The van der Waals surface area contributed by atoms with E-state index < -0.39 is 0 Å². The lowest BCUT2D eigenvalue weighted by atomic mass is 10.1. The van der Waals surface area contributed by atoms with Crippen molar-refractivity contribution < 1.29 is 9.47 Å². The first-order valence-corrected chi connectivity index (χ1v) is 9.47. The van der Waals surface area contributed by atoms with Crippen LogP contribution in [0.25, 0.3) is 0 Å². The minimum absolute atomic E-state index is 0. The van der Waals surface area contributed by atoms with Crippen LogP contribution in [0.1, 0.15) is 29.3 Å². The van der Waals surface area contributed by atoms with Crippen molar-refractivity contribution in [1.29, 1.82) is 0 Å². The number of aliphatic imine (C=N–C) groups is 1. The van der Waals surface area contributed by atoms with Crippen LogP contribution in [0.15, 0.2) is 34.6 Å². The van der Waals surface area contributed by atoms with E-state index in [2.05, 4.69) is 37.7 Å². The van der Waals surface area contributed by atoms with Crippen LogP contribution in [0.4, 0.5) is 0 Å². The van der Waals surface area contributed by atoms with E-state index in [1.54, 1.807) is 32.6 Å². The van der Waals surface area contributed by atoms with E-state index in [1.165, 1.54) is 5.56 Å². The van der Waals surface area contributed by atoms with E-state index in [-0.39, 0.29) is 30.1 Å². The van der Waals surface area contributed by atoms with Crippen molar-refractivity contribution in [3.05, 3.63) is 45.9 Å². The van der Waals surface area contributed by atoms with Gasteiger partial charge in [-0.25, -0.2) is 4.98 Å². The molecule has 0 amide bonds. The maximum atomic E-state index is 5.32. The third kappa shape index (κ3) is 7.27. The quantitative estimate of drug-likeness (QED) is 0.338. The van der Waals surface area contributed by atoms with E-state index in [0.29, 0.717) is 6.54 Å². The fourth-order valence-electron chi connectivity index (χ4n) is 2.53. The standard InChI is InChI=1S/C19H28N4O2S.HI/c1-14(24-4)18-22-16(13-26-18)12-23(3)19(20-2)21-10-9-15-7-6-8-17(11-15)25-5;/h6-8,11,13-14H,9-10,12H2,1-5H3,(H,20,21);1H. The summed E-state index contributed by atoms with van der Waals surface area (Å²) in [5, 5.41) is 6.47. The van der Waals surface area contributed by atoms with Crippen LogP contribution in [0.2, 0.25) is 0 Å². The Morgan fingerprint density at radius 3 is 2.81 bits per heavy atom. The van der Waals surface area contributed by atoms with Gasteiger partial charge >= 0.3 is 0 Å². The van der Waals surface area contributed by atoms with E-state index in [4.69, 9.17) is 9.47 Å². The largest absolute Gasteiger partial charge is 0.497 e. The normalized spacial score (nSPS) is 12.3. The van der Waals surface area contributed by atoms with Gasteiger partial charge in [0, 0.05) is 33.1 Å². The van der Waals surface area contributed by atoms with E-state index in [0.717, 1.165) is 35.4 Å². The number of hydrogen-bond donors (Lipinski definition) is 1. The molecule has 27 heavy (non-hydrogen) atoms. The predicted molar refractivity (Wildman–Crippen MR) is 122 cm³/mol. The minimum atomic E-state index is 0. The van der Waals surface area contributed by atoms with E-state index in [9.17, 15) is 0 Å². The molecule has 1 N–H and O–H groups in total. The molecule has 1 heterocycles. The van der Waals surface area contributed by atoms with Crippen molar-refractivity contribution in [2.24, 2.45) is 4.99 Å². The molecule has 8 heteroatoms. The van der Waals surface area contributed by atoms with Crippen LogP contribution in [0, 0.1) is 0 Å². The average molecular weight is 504 g/mol. The Hall–Kier alpha value is -1.39. The molecule has 0 aliphatic carbocycles. The highest BCUT2D eigenvalue weighted by Crippen LogP contribution is 2.21. The molecule has 0 fully saturated rings. The second kappa shape index (κ2) is 12.1. The van der Waals surface area contributed by atoms with Gasteiger partial charge in [-0.2, -0.15) is 0 Å². The van der Waals surface area contributed by atoms with Gasteiger partial charge in [0.15, 0.2) is 5.96 Å².